The molecular formula is C24H21NO5S. The number of hydrogen-bond acceptors (Lipinski definition) is 6. The van der Waals surface area contributed by atoms with E-state index in [0.29, 0.717) is 28.6 Å². The molecule has 0 aliphatic carbocycles. The highest BCUT2D eigenvalue weighted by Gasteiger charge is 2.34. The van der Waals surface area contributed by atoms with E-state index in [1.807, 2.05) is 49.4 Å². The Morgan fingerprint density at radius 3 is 2.65 bits per heavy atom. The fraction of sp³-hybridized carbons (Fsp3) is 0.167. The molecule has 0 unspecified atom stereocenters. The lowest BCUT2D eigenvalue weighted by Gasteiger charge is -2.14. The highest BCUT2D eigenvalue weighted by molar-refractivity contribution is 8.18. The maximum Gasteiger partial charge on any atom is 0.293 e. The number of amides is 2. The van der Waals surface area contributed by atoms with E-state index in [-0.39, 0.29) is 30.0 Å². The zero-order chi connectivity index (χ0) is 21.8. The number of phenolic OH excluding ortho intramolecular Hbond substituents is 1. The van der Waals surface area contributed by atoms with Crippen LogP contribution in [0.1, 0.15) is 12.5 Å². The Kier molecular flexibility index (Phi) is 6.13. The number of imide groups is 1. The number of fused-ring (bicyclic) bond motifs is 1. The van der Waals surface area contributed by atoms with E-state index in [1.165, 1.54) is 11.0 Å². The summed E-state index contributed by atoms with van der Waals surface area (Å²) in [4.78, 5) is 26.6. The van der Waals surface area contributed by atoms with Crippen molar-refractivity contribution in [2.24, 2.45) is 0 Å². The Morgan fingerprint density at radius 1 is 1.00 bits per heavy atom. The van der Waals surface area contributed by atoms with Crippen LogP contribution in [0.2, 0.25) is 0 Å². The summed E-state index contributed by atoms with van der Waals surface area (Å²) in [6.45, 7) is 2.58. The minimum atomic E-state index is -0.359. The standard InChI is InChI=1S/C24H21NO5S/c1-2-29-21-14-16(10-11-19(21)26)15-22-23(27)25(24(28)31-22)12-13-30-20-9-5-7-17-6-3-4-8-18(17)20/h3-11,14-15,26H,2,12-13H2,1H3/b22-15-. The second kappa shape index (κ2) is 9.14. The SMILES string of the molecule is CCOc1cc(/C=C2\SC(=O)N(CCOc3cccc4ccccc34)C2=O)ccc1O. The summed E-state index contributed by atoms with van der Waals surface area (Å²) in [6, 6.07) is 18.5. The summed E-state index contributed by atoms with van der Waals surface area (Å²) in [7, 11) is 0. The molecule has 0 spiro atoms. The van der Waals surface area contributed by atoms with Crippen LogP contribution in [0.4, 0.5) is 4.79 Å². The van der Waals surface area contributed by atoms with Crippen LogP contribution in [-0.4, -0.2) is 40.9 Å². The molecule has 0 aromatic heterocycles. The third-order valence-corrected chi connectivity index (χ3v) is 5.68. The van der Waals surface area contributed by atoms with Gasteiger partial charge in [-0.15, -0.1) is 0 Å². The van der Waals surface area contributed by atoms with E-state index < -0.39 is 0 Å². The number of carbonyl (C=O) groups is 2. The molecule has 0 bridgehead atoms. The number of aromatic hydroxyl groups is 1. The number of hydrogen-bond donors (Lipinski definition) is 1. The Balaban J connectivity index is 1.44. The van der Waals surface area contributed by atoms with Gasteiger partial charge in [-0.1, -0.05) is 42.5 Å². The van der Waals surface area contributed by atoms with Gasteiger partial charge in [0.15, 0.2) is 11.5 Å². The van der Waals surface area contributed by atoms with Crippen LogP contribution in [0.25, 0.3) is 16.8 Å². The molecule has 31 heavy (non-hydrogen) atoms. The lowest BCUT2D eigenvalue weighted by molar-refractivity contribution is -0.123. The van der Waals surface area contributed by atoms with Crippen LogP contribution in [0, 0.1) is 0 Å². The van der Waals surface area contributed by atoms with E-state index >= 15 is 0 Å². The smallest absolute Gasteiger partial charge is 0.293 e. The van der Waals surface area contributed by atoms with Gasteiger partial charge in [0.25, 0.3) is 11.1 Å². The van der Waals surface area contributed by atoms with Crippen molar-refractivity contribution >= 4 is 39.8 Å². The molecule has 7 heteroatoms. The van der Waals surface area contributed by atoms with Crippen molar-refractivity contribution in [2.75, 3.05) is 19.8 Å². The van der Waals surface area contributed by atoms with Crippen molar-refractivity contribution < 1.29 is 24.2 Å². The average molecular weight is 436 g/mol. The summed E-state index contributed by atoms with van der Waals surface area (Å²) in [6.07, 6.45) is 1.62. The first-order valence-corrected chi connectivity index (χ1v) is 10.7. The number of phenols is 1. The fourth-order valence-electron chi connectivity index (χ4n) is 3.30. The van der Waals surface area contributed by atoms with Gasteiger partial charge in [-0.05, 0) is 53.9 Å². The molecule has 158 valence electrons. The number of ether oxygens (including phenoxy) is 2. The van der Waals surface area contributed by atoms with Gasteiger partial charge in [-0.25, -0.2) is 0 Å². The van der Waals surface area contributed by atoms with Crippen LogP contribution in [-0.2, 0) is 4.79 Å². The monoisotopic (exact) mass is 435 g/mol. The number of carbonyl (C=O) groups excluding carboxylic acids is 2. The first-order chi connectivity index (χ1) is 15.1. The Hall–Kier alpha value is -3.45. The van der Waals surface area contributed by atoms with Crippen LogP contribution < -0.4 is 9.47 Å². The number of benzene rings is 3. The first-order valence-electron chi connectivity index (χ1n) is 9.88. The zero-order valence-corrected chi connectivity index (χ0v) is 17.7. The highest BCUT2D eigenvalue weighted by atomic mass is 32.2. The maximum atomic E-state index is 12.7. The second-order valence-corrected chi connectivity index (χ2v) is 7.81. The molecule has 0 saturated carbocycles. The van der Waals surface area contributed by atoms with Gasteiger partial charge in [-0.2, -0.15) is 0 Å². The molecule has 0 atom stereocenters. The highest BCUT2D eigenvalue weighted by Crippen LogP contribution is 2.34. The largest absolute Gasteiger partial charge is 0.504 e. The van der Waals surface area contributed by atoms with Gasteiger partial charge in [0.1, 0.15) is 12.4 Å². The average Bonchev–Trinajstić information content (AvgIpc) is 3.03. The lowest BCUT2D eigenvalue weighted by Crippen LogP contribution is -2.32. The molecule has 1 heterocycles. The molecule has 2 amide bonds. The molecule has 1 aliphatic heterocycles. The normalized spacial score (nSPS) is 15.1. The number of nitrogens with zero attached hydrogens (tertiary/aromatic N) is 1. The minimum Gasteiger partial charge on any atom is -0.504 e. The Morgan fingerprint density at radius 2 is 1.81 bits per heavy atom. The molecule has 1 fully saturated rings. The molecule has 1 N–H and O–H groups in total. The Labute approximate surface area is 184 Å². The predicted octanol–water partition coefficient (Wildman–Crippen LogP) is 5.06. The van der Waals surface area contributed by atoms with Gasteiger partial charge in [-0.3, -0.25) is 14.5 Å². The van der Waals surface area contributed by atoms with Crippen LogP contribution in [0.5, 0.6) is 17.2 Å². The number of thioether (sulfide) groups is 1. The van der Waals surface area contributed by atoms with Crippen molar-refractivity contribution in [3.05, 3.63) is 71.1 Å². The third kappa shape index (κ3) is 4.51. The summed E-state index contributed by atoms with van der Waals surface area (Å²) in [5, 5.41) is 11.5. The van der Waals surface area contributed by atoms with Crippen LogP contribution >= 0.6 is 11.8 Å². The summed E-state index contributed by atoms with van der Waals surface area (Å²) >= 11 is 0.889. The lowest BCUT2D eigenvalue weighted by atomic mass is 10.1. The quantitative estimate of drug-likeness (QED) is 0.523. The minimum absolute atomic E-state index is 0.0256. The van der Waals surface area contributed by atoms with Crippen LogP contribution in [0.3, 0.4) is 0 Å². The maximum absolute atomic E-state index is 12.7. The molecule has 0 radical (unpaired) electrons. The van der Waals surface area contributed by atoms with Crippen molar-refractivity contribution in [3.63, 3.8) is 0 Å². The molecule has 3 aromatic rings. The molecule has 3 aromatic carbocycles. The van der Waals surface area contributed by atoms with Crippen molar-refractivity contribution in [3.8, 4) is 17.2 Å². The number of rotatable bonds is 7. The summed E-state index contributed by atoms with van der Waals surface area (Å²) < 4.78 is 11.2. The van der Waals surface area contributed by atoms with Gasteiger partial charge >= 0.3 is 0 Å². The van der Waals surface area contributed by atoms with Crippen LogP contribution in [0.15, 0.2) is 65.6 Å². The molecular weight excluding hydrogens is 414 g/mol. The van der Waals surface area contributed by atoms with E-state index in [0.717, 1.165) is 22.5 Å². The van der Waals surface area contributed by atoms with Gasteiger partial charge < -0.3 is 14.6 Å². The predicted molar refractivity (Wildman–Crippen MR) is 121 cm³/mol. The van der Waals surface area contributed by atoms with Crippen molar-refractivity contribution in [2.45, 2.75) is 6.92 Å². The van der Waals surface area contributed by atoms with E-state index in [9.17, 15) is 14.7 Å². The summed E-state index contributed by atoms with van der Waals surface area (Å²) in [5.41, 5.74) is 0.666. The van der Waals surface area contributed by atoms with Gasteiger partial charge in [0.2, 0.25) is 0 Å². The van der Waals surface area contributed by atoms with E-state index in [2.05, 4.69) is 0 Å². The van der Waals surface area contributed by atoms with Crippen molar-refractivity contribution in [1.82, 2.24) is 4.90 Å². The summed E-state index contributed by atoms with van der Waals surface area (Å²) in [5.74, 6) is 0.715. The van der Waals surface area contributed by atoms with E-state index in [4.69, 9.17) is 9.47 Å². The second-order valence-electron chi connectivity index (χ2n) is 6.82. The molecule has 6 nitrogen and oxygen atoms in total. The third-order valence-electron chi connectivity index (χ3n) is 4.78. The molecule has 1 aliphatic rings. The van der Waals surface area contributed by atoms with Gasteiger partial charge in [0.05, 0.1) is 18.1 Å². The van der Waals surface area contributed by atoms with E-state index in [1.54, 1.807) is 18.2 Å². The first kappa shape index (κ1) is 20.8. The Bertz CT molecular complexity index is 1170. The molecule has 4 rings (SSSR count). The van der Waals surface area contributed by atoms with Crippen molar-refractivity contribution in [1.29, 1.82) is 0 Å². The fourth-order valence-corrected chi connectivity index (χ4v) is 4.17. The van der Waals surface area contributed by atoms with Gasteiger partial charge in [0, 0.05) is 5.39 Å². The topological polar surface area (TPSA) is 76.1 Å². The zero-order valence-electron chi connectivity index (χ0n) is 16.9. The molecule has 1 saturated heterocycles.